The van der Waals surface area contributed by atoms with Gasteiger partial charge in [-0.15, -0.1) is 11.3 Å². The van der Waals surface area contributed by atoms with Crippen molar-refractivity contribution in [2.45, 2.75) is 19.3 Å². The molecule has 100 valence electrons. The van der Waals surface area contributed by atoms with Gasteiger partial charge in [-0.3, -0.25) is 0 Å². The fourth-order valence-electron chi connectivity index (χ4n) is 3.36. The molecule has 0 radical (unpaired) electrons. The fraction of sp³-hybridized carbons (Fsp3) is 0.571. The minimum atomic E-state index is 0.368. The number of hydrogen-bond acceptors (Lipinski definition) is 5. The fourth-order valence-corrected chi connectivity index (χ4v) is 4.22. The highest BCUT2D eigenvalue weighted by atomic mass is 32.1. The van der Waals surface area contributed by atoms with Gasteiger partial charge in [-0.25, -0.2) is 9.97 Å². The van der Waals surface area contributed by atoms with Gasteiger partial charge in [0.05, 0.1) is 16.8 Å². The van der Waals surface area contributed by atoms with Gasteiger partial charge in [0.25, 0.3) is 0 Å². The average Bonchev–Trinajstić information content (AvgIpc) is 3.07. The van der Waals surface area contributed by atoms with Gasteiger partial charge in [-0.2, -0.15) is 0 Å². The van der Waals surface area contributed by atoms with Gasteiger partial charge < -0.3 is 9.64 Å². The zero-order chi connectivity index (χ0) is 12.7. The molecular weight excluding hydrogens is 258 g/mol. The predicted octanol–water partition coefficient (Wildman–Crippen LogP) is 2.70. The smallest absolute Gasteiger partial charge is 0.150 e. The van der Waals surface area contributed by atoms with Gasteiger partial charge in [-0.05, 0) is 30.7 Å². The molecule has 2 aliphatic rings. The molecule has 2 aromatic heterocycles. The van der Waals surface area contributed by atoms with Crippen LogP contribution in [0.1, 0.15) is 19.3 Å². The highest BCUT2D eigenvalue weighted by Crippen LogP contribution is 2.40. The minimum Gasteiger partial charge on any atom is -0.381 e. The van der Waals surface area contributed by atoms with Crippen LogP contribution in [0, 0.1) is 5.41 Å². The Morgan fingerprint density at radius 3 is 3.21 bits per heavy atom. The summed E-state index contributed by atoms with van der Waals surface area (Å²) < 4.78 is 6.86. The molecular formula is C14H17N3OS. The van der Waals surface area contributed by atoms with E-state index >= 15 is 0 Å². The zero-order valence-corrected chi connectivity index (χ0v) is 11.7. The van der Waals surface area contributed by atoms with Crippen LogP contribution in [0.2, 0.25) is 0 Å². The van der Waals surface area contributed by atoms with Crippen LogP contribution in [0.3, 0.4) is 0 Å². The molecule has 2 aliphatic heterocycles. The lowest BCUT2D eigenvalue weighted by atomic mass is 9.79. The Bertz CT molecular complexity index is 591. The minimum absolute atomic E-state index is 0.368. The number of thiophene rings is 1. The molecule has 2 saturated heterocycles. The lowest BCUT2D eigenvalue weighted by Gasteiger charge is -2.40. The molecule has 0 aliphatic carbocycles. The van der Waals surface area contributed by atoms with Gasteiger partial charge in [0.15, 0.2) is 0 Å². The summed E-state index contributed by atoms with van der Waals surface area (Å²) in [6.07, 6.45) is 5.42. The molecule has 0 bridgehead atoms. The first kappa shape index (κ1) is 11.6. The Hall–Kier alpha value is -1.20. The molecule has 4 heterocycles. The summed E-state index contributed by atoms with van der Waals surface area (Å²) in [6.45, 7) is 4.02. The van der Waals surface area contributed by atoms with E-state index in [1.165, 1.54) is 24.0 Å². The highest BCUT2D eigenvalue weighted by molar-refractivity contribution is 7.17. The summed E-state index contributed by atoms with van der Waals surface area (Å²) in [6, 6.07) is 2.07. The molecule has 4 rings (SSSR count). The van der Waals surface area contributed by atoms with Crippen LogP contribution in [0.25, 0.3) is 10.2 Å². The largest absolute Gasteiger partial charge is 0.381 e. The van der Waals surface area contributed by atoms with Crippen LogP contribution in [-0.4, -0.2) is 36.3 Å². The molecule has 2 fully saturated rings. The summed E-state index contributed by atoms with van der Waals surface area (Å²) in [4.78, 5) is 11.3. The topological polar surface area (TPSA) is 38.2 Å². The van der Waals surface area contributed by atoms with E-state index < -0.39 is 0 Å². The Morgan fingerprint density at radius 1 is 1.32 bits per heavy atom. The van der Waals surface area contributed by atoms with E-state index in [1.54, 1.807) is 17.7 Å². The van der Waals surface area contributed by atoms with Crippen molar-refractivity contribution in [3.63, 3.8) is 0 Å². The number of rotatable bonds is 1. The van der Waals surface area contributed by atoms with Gasteiger partial charge in [-0.1, -0.05) is 0 Å². The third-order valence-electron chi connectivity index (χ3n) is 4.37. The molecule has 4 nitrogen and oxygen atoms in total. The number of fused-ring (bicyclic) bond motifs is 1. The maximum absolute atomic E-state index is 5.64. The van der Waals surface area contributed by atoms with E-state index in [0.29, 0.717) is 5.41 Å². The number of nitrogens with zero attached hydrogens (tertiary/aromatic N) is 3. The Balaban J connectivity index is 1.70. The van der Waals surface area contributed by atoms with E-state index in [4.69, 9.17) is 4.74 Å². The average molecular weight is 275 g/mol. The maximum atomic E-state index is 5.64. The maximum Gasteiger partial charge on any atom is 0.150 e. The van der Waals surface area contributed by atoms with Crippen molar-refractivity contribution >= 4 is 27.4 Å². The van der Waals surface area contributed by atoms with Crippen LogP contribution >= 0.6 is 11.3 Å². The number of aromatic nitrogens is 2. The monoisotopic (exact) mass is 275 g/mol. The van der Waals surface area contributed by atoms with Gasteiger partial charge in [0.2, 0.25) is 0 Å². The van der Waals surface area contributed by atoms with Crippen molar-refractivity contribution in [3.8, 4) is 0 Å². The first-order chi connectivity index (χ1) is 9.36. The SMILES string of the molecule is c1nc(N2CCC[C@@]3(CCOC3)C2)c2sccc2n1. The number of piperidine rings is 1. The van der Waals surface area contributed by atoms with Crippen molar-refractivity contribution in [1.82, 2.24) is 9.97 Å². The standard InChI is InChI=1S/C14H17N3OS/c1-3-14(4-6-18-9-14)8-17(5-1)13-12-11(2-7-19-12)15-10-16-13/h2,7,10H,1,3-6,8-9H2/t14-/m1/s1. The van der Waals surface area contributed by atoms with Crippen LogP contribution in [0.5, 0.6) is 0 Å². The summed E-state index contributed by atoms with van der Waals surface area (Å²) in [5, 5.41) is 2.10. The summed E-state index contributed by atoms with van der Waals surface area (Å²) in [7, 11) is 0. The normalized spacial score (nSPS) is 27.5. The van der Waals surface area contributed by atoms with Crippen molar-refractivity contribution in [1.29, 1.82) is 0 Å². The summed E-state index contributed by atoms with van der Waals surface area (Å²) in [5.41, 5.74) is 1.43. The number of hydrogen-bond donors (Lipinski definition) is 0. The lowest BCUT2D eigenvalue weighted by molar-refractivity contribution is 0.139. The Labute approximate surface area is 116 Å². The van der Waals surface area contributed by atoms with Gasteiger partial charge in [0, 0.05) is 25.1 Å². The Kier molecular flexibility index (Phi) is 2.70. The first-order valence-corrected chi connectivity index (χ1v) is 7.75. The molecule has 2 aromatic rings. The van der Waals surface area contributed by atoms with Crippen molar-refractivity contribution in [3.05, 3.63) is 17.8 Å². The van der Waals surface area contributed by atoms with Crippen molar-refractivity contribution < 1.29 is 4.74 Å². The lowest BCUT2D eigenvalue weighted by Crippen LogP contribution is -2.44. The van der Waals surface area contributed by atoms with Crippen LogP contribution < -0.4 is 4.90 Å². The number of ether oxygens (including phenoxy) is 1. The zero-order valence-electron chi connectivity index (χ0n) is 10.8. The van der Waals surface area contributed by atoms with Gasteiger partial charge >= 0.3 is 0 Å². The molecule has 0 unspecified atom stereocenters. The second-order valence-corrected chi connectivity index (χ2v) is 6.58. The molecule has 19 heavy (non-hydrogen) atoms. The number of anilines is 1. The molecule has 5 heteroatoms. The second-order valence-electron chi connectivity index (χ2n) is 5.66. The molecule has 0 saturated carbocycles. The first-order valence-electron chi connectivity index (χ1n) is 6.87. The second kappa shape index (κ2) is 4.42. The van der Waals surface area contributed by atoms with E-state index in [1.807, 2.05) is 0 Å². The third kappa shape index (κ3) is 1.92. The molecule has 1 spiro atoms. The third-order valence-corrected chi connectivity index (χ3v) is 5.27. The van der Waals surface area contributed by atoms with Crippen LogP contribution in [-0.2, 0) is 4.74 Å². The van der Waals surface area contributed by atoms with Gasteiger partial charge in [0.1, 0.15) is 12.1 Å². The molecule has 0 aromatic carbocycles. The quantitative estimate of drug-likeness (QED) is 0.802. The molecule has 0 N–H and O–H groups in total. The highest BCUT2D eigenvalue weighted by Gasteiger charge is 2.39. The molecule has 0 amide bonds. The van der Waals surface area contributed by atoms with Crippen molar-refractivity contribution in [2.24, 2.45) is 5.41 Å². The van der Waals surface area contributed by atoms with E-state index in [9.17, 15) is 0 Å². The van der Waals surface area contributed by atoms with Crippen molar-refractivity contribution in [2.75, 3.05) is 31.2 Å². The summed E-state index contributed by atoms with van der Waals surface area (Å²) >= 11 is 1.74. The van der Waals surface area contributed by atoms with Crippen LogP contribution in [0.15, 0.2) is 17.8 Å². The Morgan fingerprint density at radius 2 is 2.32 bits per heavy atom. The van der Waals surface area contributed by atoms with E-state index in [0.717, 1.165) is 37.6 Å². The predicted molar refractivity (Wildman–Crippen MR) is 76.7 cm³/mol. The molecule has 1 atom stereocenters. The van der Waals surface area contributed by atoms with E-state index in [-0.39, 0.29) is 0 Å². The van der Waals surface area contributed by atoms with Crippen LogP contribution in [0.4, 0.5) is 5.82 Å². The summed E-state index contributed by atoms with van der Waals surface area (Å²) in [5.74, 6) is 1.12. The van der Waals surface area contributed by atoms with E-state index in [2.05, 4.69) is 26.3 Å².